The summed E-state index contributed by atoms with van der Waals surface area (Å²) in [6, 6.07) is 11.4. The van der Waals surface area contributed by atoms with Crippen LogP contribution in [0.5, 0.6) is 5.75 Å². The van der Waals surface area contributed by atoms with Crippen molar-refractivity contribution in [1.82, 2.24) is 9.97 Å². The third kappa shape index (κ3) is 2.23. The summed E-state index contributed by atoms with van der Waals surface area (Å²) in [5.74, 6) is 0.694. The predicted molar refractivity (Wildman–Crippen MR) is 110 cm³/mol. The van der Waals surface area contributed by atoms with Crippen LogP contribution in [0.4, 0.5) is 0 Å². The van der Waals surface area contributed by atoms with Crippen molar-refractivity contribution in [2.24, 2.45) is 0 Å². The van der Waals surface area contributed by atoms with Crippen molar-refractivity contribution in [2.75, 3.05) is 7.11 Å². The highest BCUT2D eigenvalue weighted by atomic mass is 79.9. The molecular weight excluding hydrogens is 408 g/mol. The number of aromatic nitrogens is 2. The van der Waals surface area contributed by atoms with Crippen LogP contribution < -0.4 is 15.6 Å². The number of fused-ring (bicyclic) bond motifs is 2. The number of benzene rings is 2. The minimum Gasteiger partial charge on any atom is -0.497 e. The summed E-state index contributed by atoms with van der Waals surface area (Å²) in [5.41, 5.74) is 3.23. The number of nitrogens with one attached hydrogen (secondary N) is 2. The monoisotopic (exact) mass is 420 g/mol. The van der Waals surface area contributed by atoms with Crippen molar-refractivity contribution in [3.05, 3.63) is 73.7 Å². The van der Waals surface area contributed by atoms with E-state index in [1.807, 2.05) is 36.4 Å². The second-order valence-electron chi connectivity index (χ2n) is 6.41. The standard InChI is InChI=1S/C21H13BrN2O3/c1-27-11-3-5-17-13(7-11)15(9-24-17)19-18(20(25)21(19)26)14-8-23-16-4-2-10(22)6-12(14)16/h2-9,23-24H,1H3. The molecule has 0 saturated carbocycles. The molecule has 0 radical (unpaired) electrons. The van der Waals surface area contributed by atoms with E-state index in [1.54, 1.807) is 19.5 Å². The zero-order valence-corrected chi connectivity index (χ0v) is 15.8. The molecule has 5 rings (SSSR count). The lowest BCUT2D eigenvalue weighted by Gasteiger charge is -2.10. The molecule has 0 aliphatic rings. The summed E-state index contributed by atoms with van der Waals surface area (Å²) >= 11 is 3.47. The first-order chi connectivity index (χ1) is 13.1. The summed E-state index contributed by atoms with van der Waals surface area (Å²) in [5, 5.41) is 1.75. The first-order valence-electron chi connectivity index (χ1n) is 8.34. The Hall–Kier alpha value is -3.12. The van der Waals surface area contributed by atoms with Gasteiger partial charge in [-0.3, -0.25) is 9.59 Å². The van der Waals surface area contributed by atoms with Crippen molar-refractivity contribution >= 4 is 37.7 Å². The Morgan fingerprint density at radius 2 is 1.37 bits per heavy atom. The fourth-order valence-electron chi connectivity index (χ4n) is 3.64. The fourth-order valence-corrected chi connectivity index (χ4v) is 4.00. The van der Waals surface area contributed by atoms with Gasteiger partial charge in [-0.15, -0.1) is 0 Å². The lowest BCUT2D eigenvalue weighted by Crippen LogP contribution is -2.34. The zero-order chi connectivity index (χ0) is 18.7. The van der Waals surface area contributed by atoms with Crippen molar-refractivity contribution in [3.8, 4) is 28.0 Å². The Labute approximate surface area is 161 Å². The summed E-state index contributed by atoms with van der Waals surface area (Å²) in [6.45, 7) is 0. The number of hydrogen-bond donors (Lipinski definition) is 2. The average Bonchev–Trinajstić information content (AvgIpc) is 3.28. The van der Waals surface area contributed by atoms with E-state index in [-0.39, 0.29) is 0 Å². The highest BCUT2D eigenvalue weighted by molar-refractivity contribution is 9.10. The van der Waals surface area contributed by atoms with E-state index < -0.39 is 10.9 Å². The molecule has 0 amide bonds. The Morgan fingerprint density at radius 1 is 0.815 bits per heavy atom. The van der Waals surface area contributed by atoms with Crippen LogP contribution in [-0.4, -0.2) is 17.1 Å². The third-order valence-corrected chi connectivity index (χ3v) is 5.47. The molecule has 0 aliphatic heterocycles. The molecule has 0 unspecified atom stereocenters. The smallest absolute Gasteiger partial charge is 0.235 e. The van der Waals surface area contributed by atoms with Crippen LogP contribution in [0.15, 0.2) is 62.9 Å². The zero-order valence-electron chi connectivity index (χ0n) is 14.2. The molecule has 5 aromatic rings. The van der Waals surface area contributed by atoms with Crippen molar-refractivity contribution in [2.45, 2.75) is 0 Å². The largest absolute Gasteiger partial charge is 0.497 e. The molecule has 0 bridgehead atoms. The van der Waals surface area contributed by atoms with Crippen LogP contribution in [0.25, 0.3) is 44.1 Å². The lowest BCUT2D eigenvalue weighted by molar-refractivity contribution is 0.415. The molecule has 2 aromatic heterocycles. The molecule has 0 saturated heterocycles. The minimum absolute atomic E-state index is 0.445. The van der Waals surface area contributed by atoms with Gasteiger partial charge in [-0.1, -0.05) is 15.9 Å². The van der Waals surface area contributed by atoms with E-state index in [9.17, 15) is 9.59 Å². The van der Waals surface area contributed by atoms with Gasteiger partial charge in [0.2, 0.25) is 10.9 Å². The van der Waals surface area contributed by atoms with Gasteiger partial charge in [-0.05, 0) is 36.4 Å². The minimum atomic E-state index is -0.460. The third-order valence-electron chi connectivity index (χ3n) is 4.98. The van der Waals surface area contributed by atoms with E-state index in [0.29, 0.717) is 22.4 Å². The second kappa shape index (κ2) is 5.69. The van der Waals surface area contributed by atoms with Crippen molar-refractivity contribution in [1.29, 1.82) is 0 Å². The number of H-pyrrole nitrogens is 2. The molecule has 132 valence electrons. The first-order valence-corrected chi connectivity index (χ1v) is 9.13. The van der Waals surface area contributed by atoms with Gasteiger partial charge in [0, 0.05) is 60.9 Å². The molecule has 0 aliphatic carbocycles. The molecule has 2 heterocycles. The molecule has 6 heteroatoms. The Bertz CT molecular complexity index is 1420. The van der Waals surface area contributed by atoms with Crippen LogP contribution in [-0.2, 0) is 0 Å². The lowest BCUT2D eigenvalue weighted by atomic mass is 9.89. The molecule has 2 N–H and O–H groups in total. The highest BCUT2D eigenvalue weighted by Crippen LogP contribution is 2.38. The van der Waals surface area contributed by atoms with Gasteiger partial charge < -0.3 is 14.7 Å². The number of ether oxygens (including phenoxy) is 1. The Kier molecular flexibility index (Phi) is 3.39. The molecule has 0 atom stereocenters. The van der Waals surface area contributed by atoms with Gasteiger partial charge in [0.05, 0.1) is 7.11 Å². The van der Waals surface area contributed by atoms with Crippen molar-refractivity contribution < 1.29 is 4.74 Å². The van der Waals surface area contributed by atoms with Crippen molar-refractivity contribution in [3.63, 3.8) is 0 Å². The Morgan fingerprint density at radius 3 is 1.96 bits per heavy atom. The van der Waals surface area contributed by atoms with E-state index in [2.05, 4.69) is 25.9 Å². The van der Waals surface area contributed by atoms with E-state index in [0.717, 1.165) is 31.8 Å². The fraction of sp³-hybridized carbons (Fsp3) is 0.0476. The SMILES string of the molecule is COc1ccc2[nH]cc(-c3c(-c4c[nH]c5ccc(Br)cc45)c(=O)c3=O)c2c1. The normalized spacial score (nSPS) is 11.6. The maximum absolute atomic E-state index is 12.5. The van der Waals surface area contributed by atoms with Crippen LogP contribution in [0.2, 0.25) is 0 Å². The number of hydrogen-bond acceptors (Lipinski definition) is 3. The molecule has 5 nitrogen and oxygen atoms in total. The van der Waals surface area contributed by atoms with Crippen LogP contribution in [0, 0.1) is 0 Å². The maximum Gasteiger partial charge on any atom is 0.235 e. The second-order valence-corrected chi connectivity index (χ2v) is 7.33. The molecule has 27 heavy (non-hydrogen) atoms. The van der Waals surface area contributed by atoms with Gasteiger partial charge in [0.15, 0.2) is 0 Å². The van der Waals surface area contributed by atoms with Gasteiger partial charge in [-0.2, -0.15) is 0 Å². The quantitative estimate of drug-likeness (QED) is 0.426. The number of methoxy groups -OCH3 is 1. The van der Waals surface area contributed by atoms with E-state index >= 15 is 0 Å². The summed E-state index contributed by atoms with van der Waals surface area (Å²) in [7, 11) is 1.60. The van der Waals surface area contributed by atoms with Crippen LogP contribution in [0.3, 0.4) is 0 Å². The van der Waals surface area contributed by atoms with E-state index in [4.69, 9.17) is 4.74 Å². The van der Waals surface area contributed by atoms with Gasteiger partial charge in [0.1, 0.15) is 5.75 Å². The van der Waals surface area contributed by atoms with E-state index in [1.165, 1.54) is 0 Å². The highest BCUT2D eigenvalue weighted by Gasteiger charge is 2.27. The summed E-state index contributed by atoms with van der Waals surface area (Å²) in [4.78, 5) is 31.3. The molecule has 0 fully saturated rings. The average molecular weight is 421 g/mol. The number of halogens is 1. The molecule has 0 spiro atoms. The molecular formula is C21H13BrN2O3. The Balaban J connectivity index is 1.79. The number of rotatable bonds is 3. The predicted octanol–water partition coefficient (Wildman–Crippen LogP) is 4.35. The van der Waals surface area contributed by atoms with Crippen LogP contribution in [0.1, 0.15) is 0 Å². The summed E-state index contributed by atoms with van der Waals surface area (Å²) < 4.78 is 6.21. The van der Waals surface area contributed by atoms with Gasteiger partial charge in [0.25, 0.3) is 0 Å². The molecule has 3 aromatic carbocycles. The first kappa shape index (κ1) is 16.1. The summed E-state index contributed by atoms with van der Waals surface area (Å²) in [6.07, 6.45) is 3.56. The van der Waals surface area contributed by atoms with Crippen LogP contribution >= 0.6 is 15.9 Å². The topological polar surface area (TPSA) is 75.0 Å². The maximum atomic E-state index is 12.5. The number of aromatic amines is 2. The van der Waals surface area contributed by atoms with Gasteiger partial charge >= 0.3 is 0 Å². The van der Waals surface area contributed by atoms with Gasteiger partial charge in [-0.25, -0.2) is 0 Å².